The Kier molecular flexibility index (Phi) is 4.34. The number of amides is 1. The Bertz CT molecular complexity index is 553. The monoisotopic (exact) mass is 330 g/mol. The number of alkyl halides is 2. The molecule has 0 aliphatic carbocycles. The van der Waals surface area contributed by atoms with Crippen LogP contribution in [0.25, 0.3) is 0 Å². The van der Waals surface area contributed by atoms with Crippen molar-refractivity contribution in [1.82, 2.24) is 10.2 Å². The summed E-state index contributed by atoms with van der Waals surface area (Å²) < 4.78 is 32.1. The van der Waals surface area contributed by atoms with Gasteiger partial charge in [0.1, 0.15) is 6.10 Å². The number of benzene rings is 1. The van der Waals surface area contributed by atoms with Crippen LogP contribution in [0.4, 0.5) is 8.78 Å². The highest BCUT2D eigenvalue weighted by Gasteiger charge is 2.44. The number of nitrogens with one attached hydrogen (secondary N) is 1. The zero-order chi connectivity index (χ0) is 15.7. The molecule has 1 aromatic carbocycles. The normalized spacial score (nSPS) is 27.9. The molecule has 0 bridgehead atoms. The minimum Gasteiger partial charge on any atom is -0.370 e. The molecule has 2 atom stereocenters. The van der Waals surface area contributed by atoms with Gasteiger partial charge < -0.3 is 9.64 Å². The molecule has 1 aromatic rings. The van der Waals surface area contributed by atoms with Crippen LogP contribution < -0.4 is 5.32 Å². The maximum Gasteiger partial charge on any atom is 0.262 e. The topological polar surface area (TPSA) is 41.6 Å². The highest BCUT2D eigenvalue weighted by atomic mass is 35.5. The van der Waals surface area contributed by atoms with E-state index in [9.17, 15) is 13.6 Å². The summed E-state index contributed by atoms with van der Waals surface area (Å²) in [6.45, 7) is 0.743. The standard InChI is InChI=1S/C15H17ClF2N2O2/c16-11-3-1-10(2-4-11)13-8-20(5-6-22-13)14(21)12-7-15(17,18)9-19-12/h1-4,12-13,19H,5-9H2. The van der Waals surface area contributed by atoms with E-state index in [1.165, 1.54) is 0 Å². The van der Waals surface area contributed by atoms with Crippen LogP contribution in [0.3, 0.4) is 0 Å². The molecule has 3 rings (SSSR count). The second-order valence-corrected chi connectivity index (χ2v) is 6.13. The van der Waals surface area contributed by atoms with E-state index in [1.807, 2.05) is 12.1 Å². The van der Waals surface area contributed by atoms with Gasteiger partial charge in [0.2, 0.25) is 5.91 Å². The van der Waals surface area contributed by atoms with Crippen molar-refractivity contribution < 1.29 is 18.3 Å². The van der Waals surface area contributed by atoms with Gasteiger partial charge in [0.15, 0.2) is 0 Å². The molecule has 1 amide bonds. The maximum atomic E-state index is 13.2. The lowest BCUT2D eigenvalue weighted by atomic mass is 10.1. The van der Waals surface area contributed by atoms with E-state index < -0.39 is 24.9 Å². The van der Waals surface area contributed by atoms with E-state index in [0.29, 0.717) is 24.7 Å². The number of morpholine rings is 1. The Morgan fingerprint density at radius 3 is 2.73 bits per heavy atom. The minimum atomic E-state index is -2.80. The van der Waals surface area contributed by atoms with Crippen LogP contribution in [-0.2, 0) is 9.53 Å². The summed E-state index contributed by atoms with van der Waals surface area (Å²) in [5.41, 5.74) is 0.923. The molecule has 2 unspecified atom stereocenters. The first-order valence-electron chi connectivity index (χ1n) is 7.22. The number of carbonyl (C=O) groups excluding carboxylic acids is 1. The fraction of sp³-hybridized carbons (Fsp3) is 0.533. The predicted octanol–water partition coefficient (Wildman–Crippen LogP) is 2.24. The molecule has 1 N–H and O–H groups in total. The van der Waals surface area contributed by atoms with E-state index in [4.69, 9.17) is 16.3 Å². The smallest absolute Gasteiger partial charge is 0.262 e. The fourth-order valence-electron chi connectivity index (χ4n) is 2.84. The van der Waals surface area contributed by atoms with Gasteiger partial charge in [0.05, 0.1) is 25.7 Å². The summed E-state index contributed by atoms with van der Waals surface area (Å²) in [4.78, 5) is 14.0. The Hall–Kier alpha value is -1.24. The van der Waals surface area contributed by atoms with Crippen molar-refractivity contribution in [2.75, 3.05) is 26.2 Å². The molecule has 0 saturated carbocycles. The summed E-state index contributed by atoms with van der Waals surface area (Å²) in [7, 11) is 0. The largest absolute Gasteiger partial charge is 0.370 e. The Morgan fingerprint density at radius 1 is 1.36 bits per heavy atom. The van der Waals surface area contributed by atoms with Gasteiger partial charge in [0, 0.05) is 18.0 Å². The SMILES string of the molecule is O=C(C1CC(F)(F)CN1)N1CCOC(c2ccc(Cl)cc2)C1. The fourth-order valence-corrected chi connectivity index (χ4v) is 2.97. The van der Waals surface area contributed by atoms with Crippen LogP contribution in [-0.4, -0.2) is 49.0 Å². The Balaban J connectivity index is 1.65. The van der Waals surface area contributed by atoms with E-state index in [2.05, 4.69) is 5.32 Å². The second kappa shape index (κ2) is 6.10. The number of hydrogen-bond donors (Lipinski definition) is 1. The molecule has 2 saturated heterocycles. The third-order valence-corrected chi connectivity index (χ3v) is 4.28. The molecule has 0 radical (unpaired) electrons. The van der Waals surface area contributed by atoms with Gasteiger partial charge in [-0.25, -0.2) is 8.78 Å². The van der Waals surface area contributed by atoms with Crippen LogP contribution in [0.5, 0.6) is 0 Å². The molecule has 0 aromatic heterocycles. The van der Waals surface area contributed by atoms with Crippen LogP contribution in [0, 0.1) is 0 Å². The Morgan fingerprint density at radius 2 is 2.09 bits per heavy atom. The lowest BCUT2D eigenvalue weighted by Crippen LogP contribution is -2.49. The van der Waals surface area contributed by atoms with E-state index in [1.54, 1.807) is 17.0 Å². The van der Waals surface area contributed by atoms with E-state index in [-0.39, 0.29) is 12.0 Å². The third-order valence-electron chi connectivity index (χ3n) is 4.03. The lowest BCUT2D eigenvalue weighted by Gasteiger charge is -2.34. The van der Waals surface area contributed by atoms with Crippen molar-refractivity contribution in [3.8, 4) is 0 Å². The van der Waals surface area contributed by atoms with Gasteiger partial charge in [-0.1, -0.05) is 23.7 Å². The first kappa shape index (κ1) is 15.6. The zero-order valence-corrected chi connectivity index (χ0v) is 12.7. The summed E-state index contributed by atoms with van der Waals surface area (Å²) in [6, 6.07) is 6.42. The number of ether oxygens (including phenoxy) is 1. The number of rotatable bonds is 2. The highest BCUT2D eigenvalue weighted by Crippen LogP contribution is 2.28. The first-order chi connectivity index (χ1) is 10.4. The number of nitrogens with zero attached hydrogens (tertiary/aromatic N) is 1. The molecule has 0 spiro atoms. The van der Waals surface area contributed by atoms with Crippen molar-refractivity contribution in [2.45, 2.75) is 24.5 Å². The van der Waals surface area contributed by atoms with Crippen molar-refractivity contribution in [2.24, 2.45) is 0 Å². The molecule has 22 heavy (non-hydrogen) atoms. The van der Waals surface area contributed by atoms with Crippen LogP contribution >= 0.6 is 11.6 Å². The molecular weight excluding hydrogens is 314 g/mol. The average molecular weight is 331 g/mol. The third kappa shape index (κ3) is 3.39. The summed E-state index contributed by atoms with van der Waals surface area (Å²) in [6.07, 6.45) is -0.689. The van der Waals surface area contributed by atoms with Crippen molar-refractivity contribution >= 4 is 17.5 Å². The highest BCUT2D eigenvalue weighted by molar-refractivity contribution is 6.30. The van der Waals surface area contributed by atoms with E-state index in [0.717, 1.165) is 5.56 Å². The molecule has 4 nitrogen and oxygen atoms in total. The number of halogens is 3. The van der Waals surface area contributed by atoms with E-state index >= 15 is 0 Å². The van der Waals surface area contributed by atoms with Crippen molar-refractivity contribution in [3.05, 3.63) is 34.9 Å². The summed E-state index contributed by atoms with van der Waals surface area (Å²) in [5, 5.41) is 3.24. The molecular formula is C15H17ClF2N2O2. The van der Waals surface area contributed by atoms with Crippen molar-refractivity contribution in [1.29, 1.82) is 0 Å². The minimum absolute atomic E-state index is 0.253. The van der Waals surface area contributed by atoms with Gasteiger partial charge in [-0.2, -0.15) is 0 Å². The molecule has 7 heteroatoms. The molecule has 2 heterocycles. The quantitative estimate of drug-likeness (QED) is 0.904. The van der Waals surface area contributed by atoms with Crippen molar-refractivity contribution in [3.63, 3.8) is 0 Å². The Labute approximate surface area is 132 Å². The predicted molar refractivity (Wildman–Crippen MR) is 78.1 cm³/mol. The molecule has 2 fully saturated rings. The first-order valence-corrected chi connectivity index (χ1v) is 7.59. The second-order valence-electron chi connectivity index (χ2n) is 5.69. The molecule has 120 valence electrons. The molecule has 2 aliphatic rings. The maximum absolute atomic E-state index is 13.2. The number of hydrogen-bond acceptors (Lipinski definition) is 3. The van der Waals surface area contributed by atoms with Gasteiger partial charge in [-0.3, -0.25) is 10.1 Å². The van der Waals surface area contributed by atoms with Crippen LogP contribution in [0.1, 0.15) is 18.1 Å². The van der Waals surface area contributed by atoms with Gasteiger partial charge >= 0.3 is 0 Å². The summed E-state index contributed by atoms with van der Waals surface area (Å²) in [5.74, 6) is -3.08. The van der Waals surface area contributed by atoms with Gasteiger partial charge in [0.25, 0.3) is 5.92 Å². The molecule has 2 aliphatic heterocycles. The lowest BCUT2D eigenvalue weighted by molar-refractivity contribution is -0.141. The summed E-state index contributed by atoms with van der Waals surface area (Å²) >= 11 is 5.86. The van der Waals surface area contributed by atoms with Gasteiger partial charge in [-0.05, 0) is 17.7 Å². The van der Waals surface area contributed by atoms with Gasteiger partial charge in [-0.15, -0.1) is 0 Å². The number of carbonyl (C=O) groups is 1. The van der Waals surface area contributed by atoms with Crippen LogP contribution in [0.2, 0.25) is 5.02 Å². The van der Waals surface area contributed by atoms with Crippen LogP contribution in [0.15, 0.2) is 24.3 Å². The average Bonchev–Trinajstić information content (AvgIpc) is 2.87. The zero-order valence-electron chi connectivity index (χ0n) is 11.9.